The molecule has 0 saturated heterocycles. The predicted octanol–water partition coefficient (Wildman–Crippen LogP) is 3.32. The van der Waals surface area contributed by atoms with Gasteiger partial charge in [0.1, 0.15) is 0 Å². The van der Waals surface area contributed by atoms with Crippen LogP contribution in [0.4, 0.5) is 0 Å². The highest BCUT2D eigenvalue weighted by Gasteiger charge is 2.15. The van der Waals surface area contributed by atoms with Gasteiger partial charge >= 0.3 is 0 Å². The molecule has 0 aliphatic rings. The monoisotopic (exact) mass is 277 g/mol. The van der Waals surface area contributed by atoms with Crippen LogP contribution in [-0.2, 0) is 13.1 Å². The van der Waals surface area contributed by atoms with Gasteiger partial charge in [0.2, 0.25) is 0 Å². The van der Waals surface area contributed by atoms with E-state index in [0.29, 0.717) is 5.88 Å². The summed E-state index contributed by atoms with van der Waals surface area (Å²) < 4.78 is 1.98. The Balaban J connectivity index is 2.83. The van der Waals surface area contributed by atoms with Crippen LogP contribution in [0.1, 0.15) is 31.7 Å². The zero-order valence-corrected chi connectivity index (χ0v) is 12.4. The van der Waals surface area contributed by atoms with Gasteiger partial charge in [-0.2, -0.15) is 5.10 Å². The molecular weight excluding hydrogens is 257 g/mol. The first kappa shape index (κ1) is 14.8. The van der Waals surface area contributed by atoms with E-state index in [-0.39, 0.29) is 0 Å². The number of hydrogen-bond acceptors (Lipinski definition) is 2. The molecule has 1 rings (SSSR count). The van der Waals surface area contributed by atoms with Gasteiger partial charge in [-0.15, -0.1) is 11.6 Å². The molecule has 0 amide bonds. The number of alkyl halides is 1. The van der Waals surface area contributed by atoms with E-state index < -0.39 is 0 Å². The molecule has 0 bridgehead atoms. The van der Waals surface area contributed by atoms with Crippen molar-refractivity contribution in [3.63, 3.8) is 0 Å². The van der Waals surface area contributed by atoms with E-state index in [9.17, 15) is 0 Å². The van der Waals surface area contributed by atoms with E-state index >= 15 is 0 Å². The molecule has 0 N–H and O–H groups in total. The van der Waals surface area contributed by atoms with E-state index in [1.807, 2.05) is 11.6 Å². The highest BCUT2D eigenvalue weighted by molar-refractivity contribution is 6.31. The molecule has 0 unspecified atom stereocenters. The molecule has 3 nitrogen and oxygen atoms in total. The quantitative estimate of drug-likeness (QED) is 0.713. The molecule has 0 aliphatic carbocycles. The minimum atomic E-state index is 0.650. The van der Waals surface area contributed by atoms with Gasteiger partial charge in [-0.25, -0.2) is 0 Å². The first-order chi connectivity index (χ1) is 8.13. The van der Waals surface area contributed by atoms with Crippen molar-refractivity contribution in [2.45, 2.75) is 40.3 Å². The molecule has 1 heterocycles. The highest BCUT2D eigenvalue weighted by Crippen LogP contribution is 2.21. The number of hydrogen-bond donors (Lipinski definition) is 0. The number of rotatable bonds is 7. The van der Waals surface area contributed by atoms with Gasteiger partial charge in [-0.3, -0.25) is 9.58 Å². The minimum absolute atomic E-state index is 0.650. The third kappa shape index (κ3) is 3.87. The molecule has 17 heavy (non-hydrogen) atoms. The molecule has 1 aromatic rings. The Kier molecular flexibility index (Phi) is 6.31. The Morgan fingerprint density at radius 3 is 2.53 bits per heavy atom. The molecule has 0 fully saturated rings. The fourth-order valence-electron chi connectivity index (χ4n) is 1.94. The molecule has 0 spiro atoms. The van der Waals surface area contributed by atoms with Crippen LogP contribution in [0.2, 0.25) is 5.02 Å². The van der Waals surface area contributed by atoms with Crippen LogP contribution in [0.25, 0.3) is 0 Å². The minimum Gasteiger partial charge on any atom is -0.296 e. The third-order valence-electron chi connectivity index (χ3n) is 2.77. The fourth-order valence-corrected chi connectivity index (χ4v) is 2.37. The smallest absolute Gasteiger partial charge is 0.0860 e. The molecule has 1 aromatic heterocycles. The summed E-state index contributed by atoms with van der Waals surface area (Å²) in [6.45, 7) is 9.81. The number of halogens is 2. The van der Waals surface area contributed by atoms with Crippen LogP contribution >= 0.6 is 23.2 Å². The number of aromatic nitrogens is 2. The van der Waals surface area contributed by atoms with Gasteiger partial charge in [0.15, 0.2) is 0 Å². The second kappa shape index (κ2) is 7.24. The Labute approximate surface area is 114 Å². The lowest BCUT2D eigenvalue weighted by molar-refractivity contribution is 0.273. The molecule has 0 saturated carbocycles. The zero-order chi connectivity index (χ0) is 12.8. The average molecular weight is 278 g/mol. The first-order valence-corrected chi connectivity index (χ1v) is 7.05. The Bertz CT molecular complexity index is 344. The summed E-state index contributed by atoms with van der Waals surface area (Å²) in [5, 5.41) is 5.22. The maximum atomic E-state index is 6.29. The summed E-state index contributed by atoms with van der Waals surface area (Å²) >= 11 is 12.1. The zero-order valence-electron chi connectivity index (χ0n) is 10.8. The van der Waals surface area contributed by atoms with Crippen molar-refractivity contribution in [1.82, 2.24) is 14.7 Å². The molecule has 0 aromatic carbocycles. The first-order valence-electron chi connectivity index (χ1n) is 6.14. The van der Waals surface area contributed by atoms with E-state index in [0.717, 1.165) is 49.0 Å². The summed E-state index contributed by atoms with van der Waals surface area (Å²) in [5.74, 6) is 0.650. The maximum absolute atomic E-state index is 6.29. The van der Waals surface area contributed by atoms with Crippen molar-refractivity contribution in [2.24, 2.45) is 0 Å². The molecule has 0 aliphatic heterocycles. The van der Waals surface area contributed by atoms with E-state index in [1.54, 1.807) is 0 Å². The summed E-state index contributed by atoms with van der Waals surface area (Å²) in [5.41, 5.74) is 2.01. The lowest BCUT2D eigenvalue weighted by Crippen LogP contribution is -2.27. The summed E-state index contributed by atoms with van der Waals surface area (Å²) in [6.07, 6.45) is 1.12. The maximum Gasteiger partial charge on any atom is 0.0860 e. The van der Waals surface area contributed by atoms with Crippen LogP contribution in [-0.4, -0.2) is 33.6 Å². The van der Waals surface area contributed by atoms with Crippen molar-refractivity contribution in [3.05, 3.63) is 16.4 Å². The summed E-state index contributed by atoms with van der Waals surface area (Å²) in [7, 11) is 0. The molecular formula is C12H21Cl2N3. The van der Waals surface area contributed by atoms with E-state index in [1.165, 1.54) is 0 Å². The number of aryl methyl sites for hydroxylation is 2. The average Bonchev–Trinajstić information content (AvgIpc) is 2.57. The van der Waals surface area contributed by atoms with Crippen molar-refractivity contribution in [1.29, 1.82) is 0 Å². The standard InChI is InChI=1S/C12H21Cl2N3/c1-4-7-16(8-6-13)9-11-12(14)10(3)15-17(11)5-2/h4-9H2,1-3H3. The SMILES string of the molecule is CCCN(CCCl)Cc1c(Cl)c(C)nn1CC. The second-order valence-electron chi connectivity index (χ2n) is 4.13. The van der Waals surface area contributed by atoms with E-state index in [2.05, 4.69) is 23.8 Å². The van der Waals surface area contributed by atoms with Gasteiger partial charge in [-0.05, 0) is 26.8 Å². The normalized spacial score (nSPS) is 11.4. The Morgan fingerprint density at radius 2 is 2.00 bits per heavy atom. The lowest BCUT2D eigenvalue weighted by atomic mass is 10.3. The highest BCUT2D eigenvalue weighted by atomic mass is 35.5. The van der Waals surface area contributed by atoms with Crippen LogP contribution in [0.5, 0.6) is 0 Å². The van der Waals surface area contributed by atoms with Crippen molar-refractivity contribution < 1.29 is 0 Å². The predicted molar refractivity (Wildman–Crippen MR) is 73.9 cm³/mol. The Morgan fingerprint density at radius 1 is 1.29 bits per heavy atom. The summed E-state index contributed by atoms with van der Waals surface area (Å²) in [6, 6.07) is 0. The lowest BCUT2D eigenvalue weighted by Gasteiger charge is -2.21. The van der Waals surface area contributed by atoms with Crippen molar-refractivity contribution in [3.8, 4) is 0 Å². The Hall–Kier alpha value is -0.250. The van der Waals surface area contributed by atoms with Crippen LogP contribution in [0, 0.1) is 6.92 Å². The topological polar surface area (TPSA) is 21.1 Å². The number of nitrogens with zero attached hydrogens (tertiary/aromatic N) is 3. The van der Waals surface area contributed by atoms with Crippen LogP contribution < -0.4 is 0 Å². The van der Waals surface area contributed by atoms with E-state index in [4.69, 9.17) is 23.2 Å². The van der Waals surface area contributed by atoms with Crippen molar-refractivity contribution >= 4 is 23.2 Å². The third-order valence-corrected chi connectivity index (χ3v) is 3.43. The van der Waals surface area contributed by atoms with Gasteiger partial charge in [0, 0.05) is 25.5 Å². The largest absolute Gasteiger partial charge is 0.296 e. The van der Waals surface area contributed by atoms with Gasteiger partial charge < -0.3 is 0 Å². The van der Waals surface area contributed by atoms with Crippen LogP contribution in [0.3, 0.4) is 0 Å². The summed E-state index contributed by atoms with van der Waals surface area (Å²) in [4.78, 5) is 2.32. The van der Waals surface area contributed by atoms with Crippen LogP contribution in [0.15, 0.2) is 0 Å². The van der Waals surface area contributed by atoms with Gasteiger partial charge in [-0.1, -0.05) is 18.5 Å². The molecule has 0 atom stereocenters. The van der Waals surface area contributed by atoms with Crippen molar-refractivity contribution in [2.75, 3.05) is 19.0 Å². The second-order valence-corrected chi connectivity index (χ2v) is 4.88. The molecule has 5 heteroatoms. The van der Waals surface area contributed by atoms with Gasteiger partial charge in [0.05, 0.1) is 16.4 Å². The molecule has 98 valence electrons. The van der Waals surface area contributed by atoms with Gasteiger partial charge in [0.25, 0.3) is 0 Å². The fraction of sp³-hybridized carbons (Fsp3) is 0.750. The molecule has 0 radical (unpaired) electrons.